The summed E-state index contributed by atoms with van der Waals surface area (Å²) in [6.07, 6.45) is 1.38. The summed E-state index contributed by atoms with van der Waals surface area (Å²) in [5.74, 6) is -0.653. The first-order valence-corrected chi connectivity index (χ1v) is 4.68. The Hall–Kier alpha value is -2.11. The molecular formula is C10H13N3O3. The molecule has 0 bridgehead atoms. The topological polar surface area (TPSA) is 82.3 Å². The highest BCUT2D eigenvalue weighted by molar-refractivity contribution is 5.96. The number of pyridine rings is 1. The largest absolute Gasteiger partial charge is 0.347 e. The molecule has 0 saturated heterocycles. The Bertz CT molecular complexity index is 451. The molecule has 0 unspecified atom stereocenters. The average molecular weight is 223 g/mol. The van der Waals surface area contributed by atoms with E-state index in [1.807, 2.05) is 0 Å². The molecule has 0 spiro atoms. The number of amides is 2. The van der Waals surface area contributed by atoms with E-state index >= 15 is 0 Å². The Morgan fingerprint density at radius 2 is 2.12 bits per heavy atom. The lowest BCUT2D eigenvalue weighted by atomic mass is 10.2. The molecule has 0 aliphatic carbocycles. The van der Waals surface area contributed by atoms with Gasteiger partial charge in [0.1, 0.15) is 0 Å². The number of hydrogen-bond donors (Lipinski definition) is 2. The van der Waals surface area contributed by atoms with Gasteiger partial charge in [-0.15, -0.1) is 0 Å². The Labute approximate surface area is 92.3 Å². The fraction of sp³-hybridized carbons (Fsp3) is 0.300. The minimum Gasteiger partial charge on any atom is -0.347 e. The zero-order valence-electron chi connectivity index (χ0n) is 9.11. The van der Waals surface area contributed by atoms with Gasteiger partial charge < -0.3 is 15.2 Å². The summed E-state index contributed by atoms with van der Waals surface area (Å²) < 4.78 is 0. The number of rotatable bonds is 3. The van der Waals surface area contributed by atoms with Crippen molar-refractivity contribution in [3.8, 4) is 0 Å². The number of carbonyl (C=O) groups excluding carboxylic acids is 2. The van der Waals surface area contributed by atoms with Gasteiger partial charge in [0.2, 0.25) is 11.5 Å². The lowest BCUT2D eigenvalue weighted by Gasteiger charge is -2.10. The van der Waals surface area contributed by atoms with E-state index in [9.17, 15) is 14.4 Å². The van der Waals surface area contributed by atoms with Crippen LogP contribution in [0.1, 0.15) is 10.4 Å². The van der Waals surface area contributed by atoms with Crippen molar-refractivity contribution in [3.05, 3.63) is 34.2 Å². The van der Waals surface area contributed by atoms with Crippen LogP contribution in [0.3, 0.4) is 0 Å². The van der Waals surface area contributed by atoms with Crippen LogP contribution in [0.4, 0.5) is 0 Å². The first-order valence-electron chi connectivity index (χ1n) is 4.68. The maximum atomic E-state index is 11.5. The maximum Gasteiger partial charge on any atom is 0.251 e. The number of nitrogens with one attached hydrogen (secondary N) is 2. The number of H-pyrrole nitrogens is 1. The summed E-state index contributed by atoms with van der Waals surface area (Å²) in [7, 11) is 3.20. The number of hydrogen-bond acceptors (Lipinski definition) is 3. The first-order chi connectivity index (χ1) is 7.50. The van der Waals surface area contributed by atoms with Crippen LogP contribution in [0.15, 0.2) is 23.1 Å². The third-order valence-corrected chi connectivity index (χ3v) is 1.94. The minimum atomic E-state index is -0.443. The number of aromatic amines is 1. The van der Waals surface area contributed by atoms with Crippen molar-refractivity contribution in [1.29, 1.82) is 0 Å². The van der Waals surface area contributed by atoms with Gasteiger partial charge in [0, 0.05) is 31.9 Å². The van der Waals surface area contributed by atoms with Crippen LogP contribution in [-0.2, 0) is 4.79 Å². The van der Waals surface area contributed by atoms with Crippen LogP contribution in [0.25, 0.3) is 0 Å². The maximum absolute atomic E-state index is 11.5. The number of carbonyl (C=O) groups is 2. The van der Waals surface area contributed by atoms with E-state index < -0.39 is 5.91 Å². The fourth-order valence-electron chi connectivity index (χ4n) is 1.00. The third kappa shape index (κ3) is 3.23. The van der Waals surface area contributed by atoms with Crippen molar-refractivity contribution >= 4 is 11.8 Å². The quantitative estimate of drug-likeness (QED) is 0.703. The van der Waals surface area contributed by atoms with E-state index in [1.165, 1.54) is 23.2 Å². The molecular weight excluding hydrogens is 210 g/mol. The van der Waals surface area contributed by atoms with Crippen LogP contribution >= 0.6 is 0 Å². The van der Waals surface area contributed by atoms with Crippen LogP contribution < -0.4 is 10.9 Å². The lowest BCUT2D eigenvalue weighted by molar-refractivity contribution is -0.127. The van der Waals surface area contributed by atoms with Gasteiger partial charge in [-0.05, 0) is 6.07 Å². The van der Waals surface area contributed by atoms with Crippen molar-refractivity contribution in [2.45, 2.75) is 0 Å². The summed E-state index contributed by atoms with van der Waals surface area (Å²) in [6.45, 7) is -0.0847. The van der Waals surface area contributed by atoms with Gasteiger partial charge in [-0.3, -0.25) is 14.4 Å². The van der Waals surface area contributed by atoms with Gasteiger partial charge >= 0.3 is 0 Å². The molecule has 0 fully saturated rings. The fourth-order valence-corrected chi connectivity index (χ4v) is 1.00. The predicted octanol–water partition coefficient (Wildman–Crippen LogP) is -0.807. The molecule has 0 radical (unpaired) electrons. The molecule has 16 heavy (non-hydrogen) atoms. The summed E-state index contributed by atoms with van der Waals surface area (Å²) in [4.78, 5) is 37.4. The van der Waals surface area contributed by atoms with Crippen molar-refractivity contribution in [3.63, 3.8) is 0 Å². The van der Waals surface area contributed by atoms with Crippen LogP contribution in [0, 0.1) is 0 Å². The van der Waals surface area contributed by atoms with Gasteiger partial charge in [-0.1, -0.05) is 0 Å². The van der Waals surface area contributed by atoms with E-state index in [4.69, 9.17) is 0 Å². The Morgan fingerprint density at radius 1 is 1.44 bits per heavy atom. The molecule has 1 heterocycles. The summed E-state index contributed by atoms with van der Waals surface area (Å²) in [6, 6.07) is 2.65. The second-order valence-electron chi connectivity index (χ2n) is 3.41. The highest BCUT2D eigenvalue weighted by Crippen LogP contribution is 1.92. The molecule has 0 atom stereocenters. The summed E-state index contributed by atoms with van der Waals surface area (Å²) in [5.41, 5.74) is -0.123. The van der Waals surface area contributed by atoms with E-state index in [0.717, 1.165) is 0 Å². The van der Waals surface area contributed by atoms with Crippen molar-refractivity contribution in [2.24, 2.45) is 0 Å². The van der Waals surface area contributed by atoms with E-state index in [2.05, 4.69) is 10.3 Å². The second kappa shape index (κ2) is 5.11. The number of aromatic nitrogens is 1. The number of nitrogens with zero attached hydrogens (tertiary/aromatic N) is 1. The molecule has 1 aromatic rings. The molecule has 0 aromatic carbocycles. The molecule has 6 nitrogen and oxygen atoms in total. The van der Waals surface area contributed by atoms with Crippen LogP contribution in [-0.4, -0.2) is 42.3 Å². The molecule has 0 saturated carbocycles. The van der Waals surface area contributed by atoms with Crippen molar-refractivity contribution < 1.29 is 9.59 Å². The zero-order valence-corrected chi connectivity index (χ0v) is 9.11. The normalized spacial score (nSPS) is 9.62. The van der Waals surface area contributed by atoms with Crippen molar-refractivity contribution in [2.75, 3.05) is 20.6 Å². The second-order valence-corrected chi connectivity index (χ2v) is 3.41. The number of likely N-dealkylation sites (N-methyl/N-ethyl adjacent to an activating group) is 1. The van der Waals surface area contributed by atoms with Gasteiger partial charge in [-0.25, -0.2) is 0 Å². The van der Waals surface area contributed by atoms with E-state index in [0.29, 0.717) is 0 Å². The zero-order chi connectivity index (χ0) is 12.1. The Balaban J connectivity index is 2.60. The SMILES string of the molecule is CN(C)C(=O)CNC(=O)c1cc[nH]c(=O)c1. The lowest BCUT2D eigenvalue weighted by Crippen LogP contribution is -2.36. The standard InChI is InChI=1S/C10H13N3O3/c1-13(2)9(15)6-12-10(16)7-3-4-11-8(14)5-7/h3-5H,6H2,1-2H3,(H,11,14)(H,12,16). The molecule has 2 N–H and O–H groups in total. The predicted molar refractivity (Wildman–Crippen MR) is 58.1 cm³/mol. The molecule has 1 rings (SSSR count). The highest BCUT2D eigenvalue weighted by atomic mass is 16.2. The third-order valence-electron chi connectivity index (χ3n) is 1.94. The molecule has 0 aliphatic heterocycles. The van der Waals surface area contributed by atoms with Gasteiger partial charge in [-0.2, -0.15) is 0 Å². The summed E-state index contributed by atoms with van der Waals surface area (Å²) >= 11 is 0. The Kier molecular flexibility index (Phi) is 3.82. The van der Waals surface area contributed by atoms with E-state index in [1.54, 1.807) is 14.1 Å². The monoisotopic (exact) mass is 223 g/mol. The first kappa shape index (κ1) is 12.0. The summed E-state index contributed by atoms with van der Waals surface area (Å²) in [5, 5.41) is 2.42. The minimum absolute atomic E-state index is 0.0847. The Morgan fingerprint density at radius 3 is 2.69 bits per heavy atom. The molecule has 1 aromatic heterocycles. The average Bonchev–Trinajstić information content (AvgIpc) is 2.25. The highest BCUT2D eigenvalue weighted by Gasteiger charge is 2.09. The van der Waals surface area contributed by atoms with Crippen LogP contribution in [0.5, 0.6) is 0 Å². The molecule has 2 amide bonds. The molecule has 6 heteroatoms. The van der Waals surface area contributed by atoms with Gasteiger partial charge in [0.05, 0.1) is 6.54 Å². The van der Waals surface area contributed by atoms with Gasteiger partial charge in [0.15, 0.2) is 0 Å². The molecule has 0 aliphatic rings. The molecule has 86 valence electrons. The van der Waals surface area contributed by atoms with E-state index in [-0.39, 0.29) is 23.6 Å². The van der Waals surface area contributed by atoms with Gasteiger partial charge in [0.25, 0.3) is 5.91 Å². The van der Waals surface area contributed by atoms with Crippen molar-refractivity contribution in [1.82, 2.24) is 15.2 Å². The van der Waals surface area contributed by atoms with Crippen LogP contribution in [0.2, 0.25) is 0 Å². The smallest absolute Gasteiger partial charge is 0.251 e.